The lowest BCUT2D eigenvalue weighted by molar-refractivity contribution is 0.0696. The van der Waals surface area contributed by atoms with E-state index in [4.69, 9.17) is 0 Å². The summed E-state index contributed by atoms with van der Waals surface area (Å²) in [5.41, 5.74) is 2.11. The van der Waals surface area contributed by atoms with E-state index in [0.717, 1.165) is 30.3 Å². The van der Waals surface area contributed by atoms with Crippen LogP contribution in [0.5, 0.6) is 0 Å². The fourth-order valence-corrected chi connectivity index (χ4v) is 3.32. The molecule has 1 amide bonds. The second-order valence-corrected chi connectivity index (χ2v) is 6.70. The van der Waals surface area contributed by atoms with Gasteiger partial charge in [0.2, 0.25) is 0 Å². The Morgan fingerprint density at radius 3 is 2.35 bits per heavy atom. The van der Waals surface area contributed by atoms with Crippen molar-refractivity contribution in [3.05, 3.63) is 35.4 Å². The molecule has 0 heterocycles. The van der Waals surface area contributed by atoms with E-state index in [2.05, 4.69) is 46.8 Å². The first-order valence-electron chi connectivity index (χ1n) is 7.60. The molecular formula is C17H24BrNO. The van der Waals surface area contributed by atoms with Crippen molar-refractivity contribution >= 4 is 21.8 Å². The third kappa shape index (κ3) is 3.63. The van der Waals surface area contributed by atoms with Crippen LogP contribution in [0.1, 0.15) is 61.4 Å². The van der Waals surface area contributed by atoms with Gasteiger partial charge in [-0.2, -0.15) is 0 Å². The van der Waals surface area contributed by atoms with Crippen molar-refractivity contribution in [1.29, 1.82) is 0 Å². The Hall–Kier alpha value is -0.830. The molecule has 2 nitrogen and oxygen atoms in total. The van der Waals surface area contributed by atoms with Crippen molar-refractivity contribution < 1.29 is 4.79 Å². The van der Waals surface area contributed by atoms with Gasteiger partial charge in [0.15, 0.2) is 0 Å². The van der Waals surface area contributed by atoms with E-state index in [1.807, 2.05) is 12.1 Å². The van der Waals surface area contributed by atoms with E-state index < -0.39 is 0 Å². The summed E-state index contributed by atoms with van der Waals surface area (Å²) >= 11 is 3.47. The fourth-order valence-electron chi connectivity index (χ4n) is 2.93. The van der Waals surface area contributed by atoms with Crippen LogP contribution in [0, 0.1) is 0 Å². The lowest BCUT2D eigenvalue weighted by atomic mass is 10.0. The topological polar surface area (TPSA) is 20.3 Å². The van der Waals surface area contributed by atoms with Crippen molar-refractivity contribution in [1.82, 2.24) is 4.90 Å². The highest BCUT2D eigenvalue weighted by atomic mass is 79.9. The second kappa shape index (κ2) is 7.26. The van der Waals surface area contributed by atoms with Gasteiger partial charge < -0.3 is 4.90 Å². The van der Waals surface area contributed by atoms with Crippen LogP contribution in [-0.4, -0.2) is 28.7 Å². The van der Waals surface area contributed by atoms with Gasteiger partial charge in [-0.15, -0.1) is 0 Å². The number of halogens is 1. The zero-order chi connectivity index (χ0) is 14.5. The van der Waals surface area contributed by atoms with E-state index in [9.17, 15) is 4.79 Å². The van der Waals surface area contributed by atoms with Crippen LogP contribution in [0.3, 0.4) is 0 Å². The summed E-state index contributed by atoms with van der Waals surface area (Å²) in [5.74, 6) is 0.694. The van der Waals surface area contributed by atoms with Gasteiger partial charge in [-0.25, -0.2) is 0 Å². The molecule has 2 rings (SSSR count). The number of rotatable bonds is 5. The molecule has 0 spiro atoms. The Bertz CT molecular complexity index is 435. The monoisotopic (exact) mass is 337 g/mol. The standard InChI is InChI=1S/C17H24BrNO/c1-13(2)14-7-9-15(10-8-14)17(20)19(12-11-18)16-5-3-4-6-16/h7-10,13,16H,3-6,11-12H2,1-2H3. The molecule has 1 aromatic rings. The van der Waals surface area contributed by atoms with Crippen molar-refractivity contribution in [3.63, 3.8) is 0 Å². The largest absolute Gasteiger partial charge is 0.335 e. The summed E-state index contributed by atoms with van der Waals surface area (Å²) in [6.07, 6.45) is 4.82. The maximum atomic E-state index is 12.7. The number of amides is 1. The molecule has 0 bridgehead atoms. The van der Waals surface area contributed by atoms with Crippen LogP contribution < -0.4 is 0 Å². The van der Waals surface area contributed by atoms with E-state index in [1.165, 1.54) is 18.4 Å². The van der Waals surface area contributed by atoms with Crippen LogP contribution in [0.25, 0.3) is 0 Å². The fraction of sp³-hybridized carbons (Fsp3) is 0.588. The lowest BCUT2D eigenvalue weighted by Crippen LogP contribution is -2.40. The molecule has 1 aliphatic carbocycles. The van der Waals surface area contributed by atoms with Gasteiger partial charge in [0, 0.05) is 23.5 Å². The predicted molar refractivity (Wildman–Crippen MR) is 87.6 cm³/mol. The van der Waals surface area contributed by atoms with Gasteiger partial charge in [0.25, 0.3) is 5.91 Å². The minimum Gasteiger partial charge on any atom is -0.335 e. The lowest BCUT2D eigenvalue weighted by Gasteiger charge is -2.28. The maximum Gasteiger partial charge on any atom is 0.254 e. The van der Waals surface area contributed by atoms with Crippen LogP contribution in [0.4, 0.5) is 0 Å². The molecule has 0 aromatic heterocycles. The number of carbonyl (C=O) groups is 1. The third-order valence-corrected chi connectivity index (χ3v) is 4.53. The van der Waals surface area contributed by atoms with Crippen molar-refractivity contribution in [2.75, 3.05) is 11.9 Å². The molecule has 0 radical (unpaired) electrons. The van der Waals surface area contributed by atoms with Gasteiger partial charge >= 0.3 is 0 Å². The van der Waals surface area contributed by atoms with Gasteiger partial charge in [-0.1, -0.05) is 54.8 Å². The van der Waals surface area contributed by atoms with Crippen LogP contribution >= 0.6 is 15.9 Å². The van der Waals surface area contributed by atoms with Gasteiger partial charge in [0.05, 0.1) is 0 Å². The first-order valence-corrected chi connectivity index (χ1v) is 8.72. The zero-order valence-corrected chi connectivity index (χ0v) is 14.0. The number of benzene rings is 1. The SMILES string of the molecule is CC(C)c1ccc(C(=O)N(CCBr)C2CCCC2)cc1. The van der Waals surface area contributed by atoms with Crippen molar-refractivity contribution in [2.24, 2.45) is 0 Å². The smallest absolute Gasteiger partial charge is 0.254 e. The number of hydrogen-bond donors (Lipinski definition) is 0. The van der Waals surface area contributed by atoms with Gasteiger partial charge in [-0.3, -0.25) is 4.79 Å². The molecule has 110 valence electrons. The van der Waals surface area contributed by atoms with E-state index >= 15 is 0 Å². The Labute approximate surface area is 130 Å². The van der Waals surface area contributed by atoms with E-state index in [-0.39, 0.29) is 5.91 Å². The number of carbonyl (C=O) groups excluding carboxylic acids is 1. The molecule has 0 atom stereocenters. The molecule has 0 aliphatic heterocycles. The molecule has 1 saturated carbocycles. The molecule has 1 aliphatic rings. The predicted octanol–water partition coefficient (Wildman–Crippen LogP) is 4.59. The second-order valence-electron chi connectivity index (χ2n) is 5.90. The van der Waals surface area contributed by atoms with Crippen molar-refractivity contribution in [3.8, 4) is 0 Å². The molecule has 0 saturated heterocycles. The highest BCUT2D eigenvalue weighted by Crippen LogP contribution is 2.25. The van der Waals surface area contributed by atoms with Crippen LogP contribution in [0.2, 0.25) is 0 Å². The number of nitrogens with zero attached hydrogens (tertiary/aromatic N) is 1. The average Bonchev–Trinajstić information content (AvgIpc) is 2.98. The zero-order valence-electron chi connectivity index (χ0n) is 12.4. The molecule has 3 heteroatoms. The normalized spacial score (nSPS) is 15.8. The summed E-state index contributed by atoms with van der Waals surface area (Å²) in [4.78, 5) is 14.8. The summed E-state index contributed by atoms with van der Waals surface area (Å²) in [5, 5.41) is 0.847. The quantitative estimate of drug-likeness (QED) is 0.719. The number of hydrogen-bond acceptors (Lipinski definition) is 1. The summed E-state index contributed by atoms with van der Waals surface area (Å²) in [6, 6.07) is 8.56. The van der Waals surface area contributed by atoms with Crippen molar-refractivity contribution in [2.45, 2.75) is 51.5 Å². The highest BCUT2D eigenvalue weighted by molar-refractivity contribution is 9.09. The third-order valence-electron chi connectivity index (χ3n) is 4.18. The van der Waals surface area contributed by atoms with Gasteiger partial charge in [0.1, 0.15) is 0 Å². The molecule has 1 aromatic carbocycles. The molecular weight excluding hydrogens is 314 g/mol. The Morgan fingerprint density at radius 1 is 1.25 bits per heavy atom. The Kier molecular flexibility index (Phi) is 5.64. The minimum atomic E-state index is 0.187. The first kappa shape index (κ1) is 15.6. The molecule has 20 heavy (non-hydrogen) atoms. The maximum absolute atomic E-state index is 12.7. The summed E-state index contributed by atoms with van der Waals surface area (Å²) in [6.45, 7) is 5.15. The average molecular weight is 338 g/mol. The van der Waals surface area contributed by atoms with Gasteiger partial charge in [-0.05, 0) is 36.5 Å². The molecule has 0 N–H and O–H groups in total. The Morgan fingerprint density at radius 2 is 1.85 bits per heavy atom. The highest BCUT2D eigenvalue weighted by Gasteiger charge is 2.26. The molecule has 0 unspecified atom stereocenters. The Balaban J connectivity index is 2.13. The van der Waals surface area contributed by atoms with E-state index in [0.29, 0.717) is 12.0 Å². The first-order chi connectivity index (χ1) is 9.63. The summed E-state index contributed by atoms with van der Waals surface area (Å²) < 4.78 is 0. The van der Waals surface area contributed by atoms with E-state index in [1.54, 1.807) is 0 Å². The summed E-state index contributed by atoms with van der Waals surface area (Å²) in [7, 11) is 0. The van der Waals surface area contributed by atoms with Crippen LogP contribution in [-0.2, 0) is 0 Å². The molecule has 1 fully saturated rings. The van der Waals surface area contributed by atoms with Crippen LogP contribution in [0.15, 0.2) is 24.3 Å². The minimum absolute atomic E-state index is 0.187. The number of alkyl halides is 1.